The van der Waals surface area contributed by atoms with Crippen molar-refractivity contribution in [3.63, 3.8) is 0 Å². The number of hydrogen-bond donors (Lipinski definition) is 0. The molecule has 0 aromatic heterocycles. The minimum absolute atomic E-state index is 1.10. The third kappa shape index (κ3) is 7.12. The molecular formula is C54H39N. The number of anilines is 3. The molecule has 0 saturated heterocycles. The number of nitrogens with zero attached hydrogens (tertiary/aromatic N) is 1. The molecule has 260 valence electrons. The Kier molecular flexibility index (Phi) is 9.41. The first-order valence-electron chi connectivity index (χ1n) is 18.8. The summed E-state index contributed by atoms with van der Waals surface area (Å²) < 4.78 is 0. The van der Waals surface area contributed by atoms with Crippen LogP contribution in [-0.2, 0) is 0 Å². The number of rotatable bonds is 9. The van der Waals surface area contributed by atoms with Gasteiger partial charge in [0.2, 0.25) is 0 Å². The maximum absolute atomic E-state index is 2.35. The zero-order valence-electron chi connectivity index (χ0n) is 30.5. The highest BCUT2D eigenvalue weighted by atomic mass is 15.1. The monoisotopic (exact) mass is 701 g/mol. The molecule has 0 amide bonds. The lowest BCUT2D eigenvalue weighted by molar-refractivity contribution is 1.28. The Labute approximate surface area is 324 Å². The fourth-order valence-corrected chi connectivity index (χ4v) is 7.52. The first kappa shape index (κ1) is 33.6. The summed E-state index contributed by atoms with van der Waals surface area (Å²) in [6, 6.07) is 84.8. The van der Waals surface area contributed by atoms with E-state index in [1.807, 2.05) is 0 Å². The average molecular weight is 702 g/mol. The summed E-state index contributed by atoms with van der Waals surface area (Å²) in [7, 11) is 0. The molecule has 0 aliphatic heterocycles. The van der Waals surface area contributed by atoms with Crippen LogP contribution in [0.2, 0.25) is 0 Å². The standard InChI is InChI=1S/C54H39N/c1-4-14-40(15-5-1)41-24-26-42(27-25-41)43-28-34-48(35-29-43)55(49-36-30-46(31-37-49)53-22-12-10-20-51(53)44-16-6-2-7-17-44)50-38-32-47(33-39-50)54-23-13-11-21-52(54)45-18-8-3-9-19-45/h1-39H. The second-order valence-electron chi connectivity index (χ2n) is 13.7. The van der Waals surface area contributed by atoms with Gasteiger partial charge in [-0.15, -0.1) is 0 Å². The Morgan fingerprint density at radius 3 is 0.673 bits per heavy atom. The van der Waals surface area contributed by atoms with E-state index in [0.717, 1.165) is 17.1 Å². The highest BCUT2D eigenvalue weighted by Crippen LogP contribution is 2.40. The van der Waals surface area contributed by atoms with Gasteiger partial charge in [-0.25, -0.2) is 0 Å². The van der Waals surface area contributed by atoms with Gasteiger partial charge in [0.15, 0.2) is 0 Å². The molecule has 1 nitrogen and oxygen atoms in total. The molecular weight excluding hydrogens is 663 g/mol. The van der Waals surface area contributed by atoms with Crippen LogP contribution in [0, 0.1) is 0 Å². The van der Waals surface area contributed by atoms with E-state index in [1.165, 1.54) is 66.8 Å². The first-order chi connectivity index (χ1) is 27.3. The summed E-state index contributed by atoms with van der Waals surface area (Å²) in [5.74, 6) is 0. The molecule has 1 heteroatoms. The molecule has 0 unspecified atom stereocenters. The molecule has 0 heterocycles. The van der Waals surface area contributed by atoms with Crippen LogP contribution in [0.4, 0.5) is 17.1 Å². The third-order valence-electron chi connectivity index (χ3n) is 10.3. The minimum Gasteiger partial charge on any atom is -0.311 e. The van der Waals surface area contributed by atoms with Crippen LogP contribution in [0.15, 0.2) is 237 Å². The van der Waals surface area contributed by atoms with Crippen LogP contribution >= 0.6 is 0 Å². The van der Waals surface area contributed by atoms with Gasteiger partial charge in [-0.05, 0) is 103 Å². The number of benzene rings is 9. The van der Waals surface area contributed by atoms with Crippen molar-refractivity contribution >= 4 is 17.1 Å². The fourth-order valence-electron chi connectivity index (χ4n) is 7.52. The van der Waals surface area contributed by atoms with E-state index in [9.17, 15) is 0 Å². The van der Waals surface area contributed by atoms with E-state index >= 15 is 0 Å². The first-order valence-corrected chi connectivity index (χ1v) is 18.8. The molecule has 0 N–H and O–H groups in total. The molecule has 0 atom stereocenters. The molecule has 9 aromatic rings. The van der Waals surface area contributed by atoms with Crippen molar-refractivity contribution in [3.05, 3.63) is 237 Å². The fraction of sp³-hybridized carbons (Fsp3) is 0. The van der Waals surface area contributed by atoms with Crippen LogP contribution in [0.1, 0.15) is 0 Å². The summed E-state index contributed by atoms with van der Waals surface area (Å²) in [6.45, 7) is 0. The van der Waals surface area contributed by atoms with Gasteiger partial charge in [-0.1, -0.05) is 200 Å². The van der Waals surface area contributed by atoms with Crippen LogP contribution in [-0.4, -0.2) is 0 Å². The van der Waals surface area contributed by atoms with E-state index in [0.29, 0.717) is 0 Å². The van der Waals surface area contributed by atoms with Crippen molar-refractivity contribution in [1.29, 1.82) is 0 Å². The van der Waals surface area contributed by atoms with Gasteiger partial charge in [0.1, 0.15) is 0 Å². The van der Waals surface area contributed by atoms with Crippen molar-refractivity contribution in [2.45, 2.75) is 0 Å². The molecule has 0 saturated carbocycles. The number of hydrogen-bond acceptors (Lipinski definition) is 1. The maximum atomic E-state index is 2.35. The van der Waals surface area contributed by atoms with Crippen molar-refractivity contribution in [1.82, 2.24) is 0 Å². The zero-order chi connectivity index (χ0) is 36.8. The van der Waals surface area contributed by atoms with Gasteiger partial charge in [0.05, 0.1) is 0 Å². The Balaban J connectivity index is 1.08. The van der Waals surface area contributed by atoms with Gasteiger partial charge in [0, 0.05) is 17.1 Å². The summed E-state index contributed by atoms with van der Waals surface area (Å²) >= 11 is 0. The normalized spacial score (nSPS) is 10.9. The summed E-state index contributed by atoms with van der Waals surface area (Å²) in [5, 5.41) is 0. The predicted octanol–water partition coefficient (Wildman–Crippen LogP) is 15.2. The van der Waals surface area contributed by atoms with E-state index in [4.69, 9.17) is 0 Å². The van der Waals surface area contributed by atoms with Gasteiger partial charge in [-0.2, -0.15) is 0 Å². The second kappa shape index (κ2) is 15.4. The van der Waals surface area contributed by atoms with E-state index in [-0.39, 0.29) is 0 Å². The summed E-state index contributed by atoms with van der Waals surface area (Å²) in [6.07, 6.45) is 0. The van der Waals surface area contributed by atoms with Gasteiger partial charge in [-0.3, -0.25) is 0 Å². The zero-order valence-corrected chi connectivity index (χ0v) is 30.5. The third-order valence-corrected chi connectivity index (χ3v) is 10.3. The minimum atomic E-state index is 1.10. The Morgan fingerprint density at radius 2 is 0.364 bits per heavy atom. The molecule has 9 rings (SSSR count). The van der Waals surface area contributed by atoms with Crippen LogP contribution in [0.3, 0.4) is 0 Å². The quantitative estimate of drug-likeness (QED) is 0.145. The molecule has 9 aromatic carbocycles. The SMILES string of the molecule is c1ccc(-c2ccc(-c3ccc(N(c4ccc(-c5ccccc5-c5ccccc5)cc4)c4ccc(-c5ccccc5-c5ccccc5)cc4)cc3)cc2)cc1. The highest BCUT2D eigenvalue weighted by Gasteiger charge is 2.16. The second-order valence-corrected chi connectivity index (χ2v) is 13.7. The van der Waals surface area contributed by atoms with Gasteiger partial charge >= 0.3 is 0 Å². The molecule has 0 radical (unpaired) electrons. The Bertz CT molecular complexity index is 2500. The largest absolute Gasteiger partial charge is 0.311 e. The molecule has 0 spiro atoms. The average Bonchev–Trinajstić information content (AvgIpc) is 3.28. The van der Waals surface area contributed by atoms with Gasteiger partial charge < -0.3 is 4.90 Å². The molecule has 0 fully saturated rings. The topological polar surface area (TPSA) is 3.24 Å². The van der Waals surface area contributed by atoms with Gasteiger partial charge in [0.25, 0.3) is 0 Å². The summed E-state index contributed by atoms with van der Waals surface area (Å²) in [5.41, 5.74) is 17.8. The molecule has 0 aliphatic rings. The van der Waals surface area contributed by atoms with Crippen molar-refractivity contribution in [2.24, 2.45) is 0 Å². The summed E-state index contributed by atoms with van der Waals surface area (Å²) in [4.78, 5) is 2.35. The van der Waals surface area contributed by atoms with Crippen LogP contribution in [0.25, 0.3) is 66.8 Å². The molecule has 0 bridgehead atoms. The predicted molar refractivity (Wildman–Crippen MR) is 234 cm³/mol. The van der Waals surface area contributed by atoms with Crippen molar-refractivity contribution in [3.8, 4) is 66.8 Å². The lowest BCUT2D eigenvalue weighted by atomic mass is 9.94. The van der Waals surface area contributed by atoms with E-state index in [1.54, 1.807) is 0 Å². The molecule has 55 heavy (non-hydrogen) atoms. The molecule has 0 aliphatic carbocycles. The van der Waals surface area contributed by atoms with Crippen LogP contribution < -0.4 is 4.90 Å². The highest BCUT2D eigenvalue weighted by molar-refractivity contribution is 5.87. The van der Waals surface area contributed by atoms with Crippen molar-refractivity contribution in [2.75, 3.05) is 4.90 Å². The van der Waals surface area contributed by atoms with E-state index < -0.39 is 0 Å². The lowest BCUT2D eigenvalue weighted by Gasteiger charge is -2.26. The smallest absolute Gasteiger partial charge is 0.0462 e. The maximum Gasteiger partial charge on any atom is 0.0462 e. The Morgan fingerprint density at radius 1 is 0.164 bits per heavy atom. The Hall–Kier alpha value is -7.22. The lowest BCUT2D eigenvalue weighted by Crippen LogP contribution is -2.09. The van der Waals surface area contributed by atoms with Crippen molar-refractivity contribution < 1.29 is 0 Å². The van der Waals surface area contributed by atoms with E-state index in [2.05, 4.69) is 241 Å². The van der Waals surface area contributed by atoms with Crippen LogP contribution in [0.5, 0.6) is 0 Å².